The van der Waals surface area contributed by atoms with Gasteiger partial charge in [-0.05, 0) is 103 Å². The van der Waals surface area contributed by atoms with Crippen molar-refractivity contribution in [3.63, 3.8) is 0 Å². The number of carbonyl (C=O) groups excluding carboxylic acids is 3. The third kappa shape index (κ3) is 55.1. The summed E-state index contributed by atoms with van der Waals surface area (Å²) in [5, 5.41) is 0. The van der Waals surface area contributed by atoms with E-state index in [9.17, 15) is 14.4 Å². The molecule has 1 unspecified atom stereocenters. The zero-order valence-electron chi connectivity index (χ0n) is 45.0. The molecular weight excluding hydrogens is 853 g/mol. The van der Waals surface area contributed by atoms with Crippen molar-refractivity contribution in [1.82, 2.24) is 0 Å². The highest BCUT2D eigenvalue weighted by Crippen LogP contribution is 2.14. The molecule has 0 fully saturated rings. The molecule has 0 aromatic rings. The summed E-state index contributed by atoms with van der Waals surface area (Å²) < 4.78 is 16.7. The van der Waals surface area contributed by atoms with Crippen LogP contribution < -0.4 is 0 Å². The van der Waals surface area contributed by atoms with Crippen LogP contribution in [-0.2, 0) is 28.6 Å². The van der Waals surface area contributed by atoms with Crippen LogP contribution in [0.4, 0.5) is 0 Å². The second kappa shape index (κ2) is 56.9. The number of allylic oxidation sites excluding steroid dienone is 16. The average molecular weight is 960 g/mol. The Labute approximate surface area is 426 Å². The van der Waals surface area contributed by atoms with Crippen molar-refractivity contribution in [2.75, 3.05) is 13.2 Å². The van der Waals surface area contributed by atoms with E-state index < -0.39 is 6.10 Å². The van der Waals surface area contributed by atoms with E-state index in [-0.39, 0.29) is 31.1 Å². The first-order valence-corrected chi connectivity index (χ1v) is 28.7. The van der Waals surface area contributed by atoms with Gasteiger partial charge in [-0.3, -0.25) is 14.4 Å². The van der Waals surface area contributed by atoms with E-state index in [1.165, 1.54) is 109 Å². The first-order chi connectivity index (χ1) is 34.0. The Morgan fingerprint density at radius 3 is 0.899 bits per heavy atom. The molecule has 0 aromatic carbocycles. The van der Waals surface area contributed by atoms with Crippen molar-refractivity contribution in [3.05, 3.63) is 97.2 Å². The molecular formula is C63H106O6. The molecule has 0 heterocycles. The minimum absolute atomic E-state index is 0.0832. The highest BCUT2D eigenvalue weighted by Gasteiger charge is 2.19. The number of esters is 3. The smallest absolute Gasteiger partial charge is 0.306 e. The fourth-order valence-electron chi connectivity index (χ4n) is 7.77. The summed E-state index contributed by atoms with van der Waals surface area (Å²) >= 11 is 0. The Balaban J connectivity index is 4.18. The minimum atomic E-state index is -0.782. The van der Waals surface area contributed by atoms with Crippen molar-refractivity contribution >= 4 is 17.9 Å². The molecule has 6 heteroatoms. The monoisotopic (exact) mass is 959 g/mol. The standard InChI is InChI=1S/C63H106O6/c1-4-7-10-13-16-18-20-22-24-26-28-29-30-31-32-33-34-35-36-38-39-41-43-45-47-50-53-56-62(65)68-59-60(58-67-61(64)55-52-49-15-12-9-6-3)69-63(66)57-54-51-48-46-44-42-40-37-27-25-23-21-19-17-14-11-8-5-2/h7,10,16,18-19,21-22,24-25,27-29,31-32,34-35,60H,4-6,8-9,11-15,17,20,23,26,30,33,36-59H2,1-3H3/b10-7-,18-16-,21-19-,24-22-,27-25-,29-28-,32-31-,35-34-. The molecule has 0 amide bonds. The van der Waals surface area contributed by atoms with Crippen molar-refractivity contribution in [3.8, 4) is 0 Å². The maximum Gasteiger partial charge on any atom is 0.306 e. The molecule has 0 saturated heterocycles. The number of carbonyl (C=O) groups is 3. The van der Waals surface area contributed by atoms with E-state index in [1.807, 2.05) is 0 Å². The molecule has 69 heavy (non-hydrogen) atoms. The summed E-state index contributed by atoms with van der Waals surface area (Å²) in [4.78, 5) is 37.9. The summed E-state index contributed by atoms with van der Waals surface area (Å²) in [6.45, 7) is 6.44. The highest BCUT2D eigenvalue weighted by atomic mass is 16.6. The fraction of sp³-hybridized carbons (Fsp3) is 0.698. The Bertz CT molecular complexity index is 1380. The number of hydrogen-bond donors (Lipinski definition) is 0. The quantitative estimate of drug-likeness (QED) is 0.0262. The number of hydrogen-bond acceptors (Lipinski definition) is 6. The lowest BCUT2D eigenvalue weighted by Crippen LogP contribution is -2.30. The number of unbranched alkanes of at least 4 members (excludes halogenated alkanes) is 24. The van der Waals surface area contributed by atoms with Crippen LogP contribution in [-0.4, -0.2) is 37.2 Å². The normalized spacial score (nSPS) is 12.8. The Hall–Kier alpha value is -3.67. The van der Waals surface area contributed by atoms with Crippen LogP contribution in [0.5, 0.6) is 0 Å². The van der Waals surface area contributed by atoms with Gasteiger partial charge in [-0.1, -0.05) is 240 Å². The van der Waals surface area contributed by atoms with Crippen LogP contribution in [0.1, 0.15) is 265 Å². The second-order valence-electron chi connectivity index (χ2n) is 18.8. The predicted molar refractivity (Wildman–Crippen MR) is 297 cm³/mol. The molecule has 0 aliphatic carbocycles. The first-order valence-electron chi connectivity index (χ1n) is 28.7. The molecule has 0 bridgehead atoms. The molecule has 394 valence electrons. The average Bonchev–Trinajstić information content (AvgIpc) is 3.35. The summed E-state index contributed by atoms with van der Waals surface area (Å²) in [6, 6.07) is 0. The third-order valence-corrected chi connectivity index (χ3v) is 12.1. The molecule has 0 saturated carbocycles. The largest absolute Gasteiger partial charge is 0.462 e. The summed E-state index contributed by atoms with van der Waals surface area (Å²) in [6.07, 6.45) is 75.7. The molecule has 0 aromatic heterocycles. The molecule has 0 rings (SSSR count). The van der Waals surface area contributed by atoms with Crippen LogP contribution in [0.15, 0.2) is 97.2 Å². The van der Waals surface area contributed by atoms with E-state index in [2.05, 4.69) is 118 Å². The van der Waals surface area contributed by atoms with Gasteiger partial charge in [-0.25, -0.2) is 0 Å². The Kier molecular flexibility index (Phi) is 53.9. The van der Waals surface area contributed by atoms with Gasteiger partial charge in [0, 0.05) is 19.3 Å². The van der Waals surface area contributed by atoms with Gasteiger partial charge in [-0.15, -0.1) is 0 Å². The molecule has 1 atom stereocenters. The molecule has 6 nitrogen and oxygen atoms in total. The van der Waals surface area contributed by atoms with Crippen molar-refractivity contribution in [2.45, 2.75) is 271 Å². The molecule has 0 radical (unpaired) electrons. The Morgan fingerprint density at radius 1 is 0.304 bits per heavy atom. The predicted octanol–water partition coefficient (Wildman–Crippen LogP) is 19.3. The topological polar surface area (TPSA) is 78.9 Å². The van der Waals surface area contributed by atoms with Crippen LogP contribution in [0, 0.1) is 0 Å². The van der Waals surface area contributed by atoms with Gasteiger partial charge >= 0.3 is 17.9 Å². The maximum absolute atomic E-state index is 12.8. The lowest BCUT2D eigenvalue weighted by molar-refractivity contribution is -0.167. The molecule has 0 aliphatic rings. The number of ether oxygens (including phenoxy) is 3. The fourth-order valence-corrected chi connectivity index (χ4v) is 7.77. The van der Waals surface area contributed by atoms with Gasteiger partial charge in [-0.2, -0.15) is 0 Å². The van der Waals surface area contributed by atoms with Gasteiger partial charge in [0.2, 0.25) is 0 Å². The van der Waals surface area contributed by atoms with Crippen molar-refractivity contribution in [2.24, 2.45) is 0 Å². The van der Waals surface area contributed by atoms with Crippen LogP contribution in [0.3, 0.4) is 0 Å². The minimum Gasteiger partial charge on any atom is -0.462 e. The van der Waals surface area contributed by atoms with Crippen LogP contribution in [0.2, 0.25) is 0 Å². The lowest BCUT2D eigenvalue weighted by Gasteiger charge is -2.18. The number of rotatable bonds is 51. The summed E-state index contributed by atoms with van der Waals surface area (Å²) in [7, 11) is 0. The van der Waals surface area contributed by atoms with E-state index in [0.29, 0.717) is 19.3 Å². The van der Waals surface area contributed by atoms with E-state index in [4.69, 9.17) is 14.2 Å². The van der Waals surface area contributed by atoms with Crippen LogP contribution >= 0.6 is 0 Å². The van der Waals surface area contributed by atoms with E-state index in [0.717, 1.165) is 116 Å². The van der Waals surface area contributed by atoms with Crippen molar-refractivity contribution in [1.29, 1.82) is 0 Å². The summed E-state index contributed by atoms with van der Waals surface area (Å²) in [5.41, 5.74) is 0. The zero-order chi connectivity index (χ0) is 50.0. The third-order valence-electron chi connectivity index (χ3n) is 12.1. The van der Waals surface area contributed by atoms with E-state index in [1.54, 1.807) is 0 Å². The van der Waals surface area contributed by atoms with Gasteiger partial charge in [0.15, 0.2) is 6.10 Å². The molecule has 0 aliphatic heterocycles. The summed E-state index contributed by atoms with van der Waals surface area (Å²) in [5.74, 6) is -0.908. The van der Waals surface area contributed by atoms with E-state index >= 15 is 0 Å². The maximum atomic E-state index is 12.8. The van der Waals surface area contributed by atoms with Gasteiger partial charge in [0.1, 0.15) is 13.2 Å². The van der Waals surface area contributed by atoms with Gasteiger partial charge < -0.3 is 14.2 Å². The molecule has 0 spiro atoms. The highest BCUT2D eigenvalue weighted by molar-refractivity contribution is 5.71. The SMILES string of the molecule is CC/C=C\C/C=C\C/C=C\C/C=C\C/C=C\C/C=C\CCCCCCCCCCC(=O)OCC(COC(=O)CCCCCCCC)OC(=O)CCCCCCCCC/C=C\C/C=C\CCCCCC. The van der Waals surface area contributed by atoms with Crippen LogP contribution in [0.25, 0.3) is 0 Å². The Morgan fingerprint density at radius 2 is 0.565 bits per heavy atom. The lowest BCUT2D eigenvalue weighted by atomic mass is 10.1. The second-order valence-corrected chi connectivity index (χ2v) is 18.8. The van der Waals surface area contributed by atoms with Gasteiger partial charge in [0.25, 0.3) is 0 Å². The van der Waals surface area contributed by atoms with Crippen molar-refractivity contribution < 1.29 is 28.6 Å². The first kappa shape index (κ1) is 65.3. The molecule has 0 N–H and O–H groups in total. The van der Waals surface area contributed by atoms with Gasteiger partial charge in [0.05, 0.1) is 0 Å². The zero-order valence-corrected chi connectivity index (χ0v) is 45.0.